The lowest BCUT2D eigenvalue weighted by Crippen LogP contribution is -2.49. The number of aromatic nitrogens is 3. The molecule has 0 bridgehead atoms. The van der Waals surface area contributed by atoms with Crippen molar-refractivity contribution in [1.82, 2.24) is 20.0 Å². The average molecular weight is 410 g/mol. The molecule has 0 atom stereocenters. The van der Waals surface area contributed by atoms with Gasteiger partial charge in [-0.25, -0.2) is 9.97 Å². The van der Waals surface area contributed by atoms with Gasteiger partial charge in [-0.15, -0.1) is 11.8 Å². The van der Waals surface area contributed by atoms with Crippen molar-refractivity contribution in [3.05, 3.63) is 65.3 Å². The van der Waals surface area contributed by atoms with E-state index < -0.39 is 0 Å². The highest BCUT2D eigenvalue weighted by Gasteiger charge is 2.25. The number of hydrogen-bond acceptors (Lipinski definition) is 7. The Kier molecular flexibility index (Phi) is 5.80. The van der Waals surface area contributed by atoms with E-state index in [1.165, 1.54) is 0 Å². The number of piperazine rings is 1. The van der Waals surface area contributed by atoms with E-state index in [4.69, 9.17) is 4.52 Å². The van der Waals surface area contributed by atoms with E-state index in [0.717, 1.165) is 52.3 Å². The molecule has 0 saturated carbocycles. The number of aryl methyl sites for hydroxylation is 2. The summed E-state index contributed by atoms with van der Waals surface area (Å²) in [4.78, 5) is 26.8. The number of nitrogens with zero attached hydrogens (tertiary/aromatic N) is 5. The maximum absolute atomic E-state index is 13.2. The van der Waals surface area contributed by atoms with Gasteiger partial charge >= 0.3 is 0 Å². The van der Waals surface area contributed by atoms with E-state index >= 15 is 0 Å². The summed E-state index contributed by atoms with van der Waals surface area (Å²) < 4.78 is 5.25. The molecule has 1 amide bonds. The van der Waals surface area contributed by atoms with Gasteiger partial charge in [0, 0.05) is 54.8 Å². The van der Waals surface area contributed by atoms with E-state index in [-0.39, 0.29) is 5.91 Å². The summed E-state index contributed by atoms with van der Waals surface area (Å²) in [5.74, 6) is 2.35. The van der Waals surface area contributed by atoms with Crippen LogP contribution < -0.4 is 4.90 Å². The minimum absolute atomic E-state index is 0.0699. The summed E-state index contributed by atoms with van der Waals surface area (Å²) in [6, 6.07) is 9.60. The normalized spacial score (nSPS) is 14.3. The number of thioether (sulfide) groups is 1. The second-order valence-corrected chi connectivity index (χ2v) is 7.93. The fourth-order valence-electron chi connectivity index (χ4n) is 3.36. The fraction of sp³-hybridized carbons (Fsp3) is 0.333. The van der Waals surface area contributed by atoms with Crippen molar-refractivity contribution in [3.8, 4) is 0 Å². The first-order valence-corrected chi connectivity index (χ1v) is 10.6. The summed E-state index contributed by atoms with van der Waals surface area (Å²) in [5.41, 5.74) is 2.74. The Morgan fingerprint density at radius 3 is 2.48 bits per heavy atom. The summed E-state index contributed by atoms with van der Waals surface area (Å²) >= 11 is 1.64. The zero-order valence-corrected chi connectivity index (χ0v) is 17.4. The van der Waals surface area contributed by atoms with E-state index in [1.807, 2.05) is 43.0 Å². The largest absolute Gasteiger partial charge is 0.361 e. The van der Waals surface area contributed by atoms with E-state index in [2.05, 4.69) is 20.0 Å². The number of benzene rings is 1. The topological polar surface area (TPSA) is 75.4 Å². The number of amides is 1. The third kappa shape index (κ3) is 4.27. The smallest absolute Gasteiger partial charge is 0.255 e. The van der Waals surface area contributed by atoms with E-state index in [1.54, 1.807) is 30.2 Å². The molecule has 8 heteroatoms. The van der Waals surface area contributed by atoms with Crippen LogP contribution in [0.25, 0.3) is 0 Å². The van der Waals surface area contributed by atoms with Gasteiger partial charge in [0.2, 0.25) is 5.95 Å². The van der Waals surface area contributed by atoms with Crippen molar-refractivity contribution < 1.29 is 9.32 Å². The van der Waals surface area contributed by atoms with Crippen molar-refractivity contribution in [1.29, 1.82) is 0 Å². The lowest BCUT2D eigenvalue weighted by Gasteiger charge is -2.35. The highest BCUT2D eigenvalue weighted by molar-refractivity contribution is 7.98. The molecule has 1 aromatic carbocycles. The molecule has 1 fully saturated rings. The maximum atomic E-state index is 13.2. The third-order valence-electron chi connectivity index (χ3n) is 5.07. The Morgan fingerprint density at radius 1 is 1.07 bits per heavy atom. The molecule has 29 heavy (non-hydrogen) atoms. The summed E-state index contributed by atoms with van der Waals surface area (Å²) in [7, 11) is 0. The number of carbonyl (C=O) groups excluding carboxylic acids is 1. The standard InChI is InChI=1S/C21H23N5O2S/c1-15-18(16(2)28-24-15)14-29-19-7-4-3-6-17(19)20(27)25-10-12-26(13-11-25)21-22-8-5-9-23-21/h3-9H,10-14H2,1-2H3. The number of anilines is 1. The van der Waals surface area contributed by atoms with Gasteiger partial charge in [0.05, 0.1) is 11.3 Å². The van der Waals surface area contributed by atoms with Crippen LogP contribution >= 0.6 is 11.8 Å². The van der Waals surface area contributed by atoms with Crippen molar-refractivity contribution in [2.75, 3.05) is 31.1 Å². The predicted octanol–water partition coefficient (Wildman–Crippen LogP) is 3.34. The Balaban J connectivity index is 1.43. The van der Waals surface area contributed by atoms with Gasteiger partial charge in [-0.05, 0) is 32.0 Å². The Bertz CT molecular complexity index is 964. The Hall–Kier alpha value is -2.87. The number of hydrogen-bond donors (Lipinski definition) is 0. The maximum Gasteiger partial charge on any atom is 0.255 e. The molecule has 7 nitrogen and oxygen atoms in total. The van der Waals surface area contributed by atoms with Crippen LogP contribution in [0.3, 0.4) is 0 Å². The molecular formula is C21H23N5O2S. The average Bonchev–Trinajstić information content (AvgIpc) is 3.10. The summed E-state index contributed by atoms with van der Waals surface area (Å²) in [6.07, 6.45) is 3.48. The van der Waals surface area contributed by atoms with Gasteiger partial charge in [-0.1, -0.05) is 17.3 Å². The summed E-state index contributed by atoms with van der Waals surface area (Å²) in [6.45, 7) is 6.62. The second kappa shape index (κ2) is 8.65. The molecule has 3 heterocycles. The molecule has 2 aromatic heterocycles. The highest BCUT2D eigenvalue weighted by atomic mass is 32.2. The monoisotopic (exact) mass is 409 g/mol. The Labute approximate surface area is 174 Å². The molecule has 3 aromatic rings. The predicted molar refractivity (Wildman–Crippen MR) is 112 cm³/mol. The van der Waals surface area contributed by atoms with Crippen LogP contribution in [0.4, 0.5) is 5.95 Å². The number of rotatable bonds is 5. The van der Waals surface area contributed by atoms with Crippen LogP contribution in [0, 0.1) is 13.8 Å². The lowest BCUT2D eigenvalue weighted by molar-refractivity contribution is 0.0742. The lowest BCUT2D eigenvalue weighted by atomic mass is 10.2. The fourth-order valence-corrected chi connectivity index (χ4v) is 4.56. The van der Waals surface area contributed by atoms with Crippen molar-refractivity contribution in [2.45, 2.75) is 24.5 Å². The van der Waals surface area contributed by atoms with Crippen LogP contribution in [0.15, 0.2) is 52.1 Å². The van der Waals surface area contributed by atoms with Gasteiger partial charge in [-0.2, -0.15) is 0 Å². The SMILES string of the molecule is Cc1noc(C)c1CSc1ccccc1C(=O)N1CCN(c2ncccn2)CC1. The van der Waals surface area contributed by atoms with Gasteiger partial charge in [0.25, 0.3) is 5.91 Å². The zero-order chi connectivity index (χ0) is 20.2. The molecule has 1 saturated heterocycles. The molecule has 0 aliphatic carbocycles. The first kappa shape index (κ1) is 19.4. The molecule has 1 aliphatic rings. The second-order valence-electron chi connectivity index (χ2n) is 6.92. The third-order valence-corrected chi connectivity index (χ3v) is 6.17. The number of carbonyl (C=O) groups is 1. The molecule has 150 valence electrons. The van der Waals surface area contributed by atoms with Crippen LogP contribution in [-0.4, -0.2) is 52.1 Å². The first-order valence-electron chi connectivity index (χ1n) is 9.58. The van der Waals surface area contributed by atoms with Gasteiger partial charge in [0.15, 0.2) is 0 Å². The molecule has 0 N–H and O–H groups in total. The van der Waals surface area contributed by atoms with E-state index in [0.29, 0.717) is 13.1 Å². The molecule has 0 spiro atoms. The van der Waals surface area contributed by atoms with Crippen molar-refractivity contribution in [3.63, 3.8) is 0 Å². The molecule has 4 rings (SSSR count). The van der Waals surface area contributed by atoms with Crippen molar-refractivity contribution in [2.24, 2.45) is 0 Å². The minimum Gasteiger partial charge on any atom is -0.361 e. The molecule has 0 radical (unpaired) electrons. The van der Waals surface area contributed by atoms with Crippen LogP contribution in [0.5, 0.6) is 0 Å². The highest BCUT2D eigenvalue weighted by Crippen LogP contribution is 2.29. The van der Waals surface area contributed by atoms with E-state index in [9.17, 15) is 4.79 Å². The van der Waals surface area contributed by atoms with Gasteiger partial charge in [0.1, 0.15) is 5.76 Å². The molecule has 1 aliphatic heterocycles. The zero-order valence-electron chi connectivity index (χ0n) is 16.5. The van der Waals surface area contributed by atoms with Crippen molar-refractivity contribution >= 4 is 23.6 Å². The minimum atomic E-state index is 0.0699. The van der Waals surface area contributed by atoms with Crippen LogP contribution in [-0.2, 0) is 5.75 Å². The molecule has 0 unspecified atom stereocenters. The first-order chi connectivity index (χ1) is 14.1. The van der Waals surface area contributed by atoms with Crippen LogP contribution in [0.1, 0.15) is 27.4 Å². The van der Waals surface area contributed by atoms with Gasteiger partial charge in [-0.3, -0.25) is 4.79 Å². The van der Waals surface area contributed by atoms with Crippen LogP contribution in [0.2, 0.25) is 0 Å². The molecular weight excluding hydrogens is 386 g/mol. The quantitative estimate of drug-likeness (QED) is 0.598. The summed E-state index contributed by atoms with van der Waals surface area (Å²) in [5, 5.41) is 4.01. The Morgan fingerprint density at radius 2 is 1.79 bits per heavy atom. The van der Waals surface area contributed by atoms with Gasteiger partial charge < -0.3 is 14.3 Å².